The first-order valence-electron chi connectivity index (χ1n) is 4.85. The first-order chi connectivity index (χ1) is 6.25. The second-order valence-corrected chi connectivity index (χ2v) is 3.98. The zero-order chi connectivity index (χ0) is 9.26. The van der Waals surface area contributed by atoms with Crippen LogP contribution in [-0.4, -0.2) is 11.1 Å². The summed E-state index contributed by atoms with van der Waals surface area (Å²) in [7, 11) is 0. The van der Waals surface area contributed by atoms with Crippen molar-refractivity contribution in [1.29, 1.82) is 0 Å². The molecule has 2 aliphatic rings. The van der Waals surface area contributed by atoms with Gasteiger partial charge in [-0.3, -0.25) is 4.79 Å². The fourth-order valence-electron chi connectivity index (χ4n) is 2.33. The van der Waals surface area contributed by atoms with Crippen LogP contribution in [0.5, 0.6) is 0 Å². The summed E-state index contributed by atoms with van der Waals surface area (Å²) in [6.45, 7) is 0. The Hall–Kier alpha value is -1.05. The molecule has 0 aliphatic heterocycles. The number of rotatable bonds is 2. The topological polar surface area (TPSA) is 37.3 Å². The summed E-state index contributed by atoms with van der Waals surface area (Å²) in [6.07, 6.45) is 10.0. The molecule has 0 bridgehead atoms. The van der Waals surface area contributed by atoms with Crippen molar-refractivity contribution in [3.05, 3.63) is 23.8 Å². The van der Waals surface area contributed by atoms with Crippen LogP contribution in [0.3, 0.4) is 0 Å². The van der Waals surface area contributed by atoms with Crippen LogP contribution in [-0.2, 0) is 4.79 Å². The van der Waals surface area contributed by atoms with Crippen molar-refractivity contribution in [2.75, 3.05) is 0 Å². The van der Waals surface area contributed by atoms with Gasteiger partial charge in [0.25, 0.3) is 0 Å². The summed E-state index contributed by atoms with van der Waals surface area (Å²) in [4.78, 5) is 10.5. The van der Waals surface area contributed by atoms with E-state index in [0.29, 0.717) is 18.3 Å². The minimum absolute atomic E-state index is 0.337. The van der Waals surface area contributed by atoms with Crippen LogP contribution in [0.15, 0.2) is 23.8 Å². The molecule has 2 aliphatic carbocycles. The average Bonchev–Trinajstić information content (AvgIpc) is 2.49. The number of carbonyl (C=O) groups is 1. The third-order valence-corrected chi connectivity index (χ3v) is 3.00. The highest BCUT2D eigenvalue weighted by atomic mass is 16.4. The predicted molar refractivity (Wildman–Crippen MR) is 50.3 cm³/mol. The SMILES string of the molecule is O=C(O)CC1CCC2C=CC=C2C1. The van der Waals surface area contributed by atoms with Crippen LogP contribution in [0.25, 0.3) is 0 Å². The fraction of sp³-hybridized carbons (Fsp3) is 0.545. The van der Waals surface area contributed by atoms with E-state index in [9.17, 15) is 4.79 Å². The molecule has 1 fully saturated rings. The number of carboxylic acid groups (broad SMARTS) is 1. The van der Waals surface area contributed by atoms with Crippen molar-refractivity contribution >= 4 is 5.97 Å². The van der Waals surface area contributed by atoms with Gasteiger partial charge in [0.05, 0.1) is 0 Å². The normalized spacial score (nSPS) is 31.2. The molecule has 0 aromatic heterocycles. The van der Waals surface area contributed by atoms with E-state index in [4.69, 9.17) is 5.11 Å². The Morgan fingerprint density at radius 1 is 1.54 bits per heavy atom. The number of aliphatic carboxylic acids is 1. The Labute approximate surface area is 78.0 Å². The van der Waals surface area contributed by atoms with E-state index in [2.05, 4.69) is 18.2 Å². The van der Waals surface area contributed by atoms with Gasteiger partial charge in [-0.1, -0.05) is 23.8 Å². The Morgan fingerprint density at radius 3 is 3.15 bits per heavy atom. The van der Waals surface area contributed by atoms with E-state index < -0.39 is 5.97 Å². The Kier molecular flexibility index (Phi) is 2.21. The van der Waals surface area contributed by atoms with E-state index in [0.717, 1.165) is 19.3 Å². The molecule has 2 heteroatoms. The third kappa shape index (κ3) is 1.82. The lowest BCUT2D eigenvalue weighted by atomic mass is 9.78. The van der Waals surface area contributed by atoms with Crippen LogP contribution >= 0.6 is 0 Å². The summed E-state index contributed by atoms with van der Waals surface area (Å²) in [5.41, 5.74) is 1.44. The number of carboxylic acids is 1. The molecular weight excluding hydrogens is 164 g/mol. The van der Waals surface area contributed by atoms with Gasteiger partial charge in [0.2, 0.25) is 0 Å². The lowest BCUT2D eigenvalue weighted by molar-refractivity contribution is -0.138. The molecule has 2 unspecified atom stereocenters. The van der Waals surface area contributed by atoms with Gasteiger partial charge >= 0.3 is 5.97 Å². The first-order valence-corrected chi connectivity index (χ1v) is 4.85. The van der Waals surface area contributed by atoms with Gasteiger partial charge in [-0.2, -0.15) is 0 Å². The van der Waals surface area contributed by atoms with Crippen LogP contribution < -0.4 is 0 Å². The molecule has 0 saturated heterocycles. The van der Waals surface area contributed by atoms with E-state index in [1.807, 2.05) is 0 Å². The summed E-state index contributed by atoms with van der Waals surface area (Å²) in [5, 5.41) is 8.67. The Morgan fingerprint density at radius 2 is 2.38 bits per heavy atom. The van der Waals surface area contributed by atoms with Gasteiger partial charge < -0.3 is 5.11 Å². The first kappa shape index (κ1) is 8.54. The molecule has 0 amide bonds. The molecule has 2 atom stereocenters. The van der Waals surface area contributed by atoms with E-state index in [-0.39, 0.29) is 0 Å². The maximum atomic E-state index is 10.5. The van der Waals surface area contributed by atoms with Crippen LogP contribution in [0.1, 0.15) is 25.7 Å². The number of hydrogen-bond acceptors (Lipinski definition) is 1. The van der Waals surface area contributed by atoms with Crippen LogP contribution in [0, 0.1) is 11.8 Å². The highest BCUT2D eigenvalue weighted by Gasteiger charge is 2.26. The van der Waals surface area contributed by atoms with Gasteiger partial charge in [-0.25, -0.2) is 0 Å². The summed E-state index contributed by atoms with van der Waals surface area (Å²) in [5.74, 6) is 0.347. The smallest absolute Gasteiger partial charge is 0.303 e. The third-order valence-electron chi connectivity index (χ3n) is 3.00. The zero-order valence-electron chi connectivity index (χ0n) is 7.57. The van der Waals surface area contributed by atoms with E-state index in [1.165, 1.54) is 5.57 Å². The minimum atomic E-state index is -0.657. The van der Waals surface area contributed by atoms with E-state index >= 15 is 0 Å². The van der Waals surface area contributed by atoms with Crippen molar-refractivity contribution in [3.63, 3.8) is 0 Å². The van der Waals surface area contributed by atoms with Crippen LogP contribution in [0.2, 0.25) is 0 Å². The lowest BCUT2D eigenvalue weighted by Gasteiger charge is -2.26. The molecule has 0 aromatic rings. The molecule has 70 valence electrons. The highest BCUT2D eigenvalue weighted by molar-refractivity contribution is 5.67. The summed E-state index contributed by atoms with van der Waals surface area (Å²) < 4.78 is 0. The van der Waals surface area contributed by atoms with Crippen molar-refractivity contribution < 1.29 is 9.90 Å². The molecule has 0 heterocycles. The highest BCUT2D eigenvalue weighted by Crippen LogP contribution is 2.38. The fourth-order valence-corrected chi connectivity index (χ4v) is 2.33. The van der Waals surface area contributed by atoms with Crippen LogP contribution in [0.4, 0.5) is 0 Å². The Bertz CT molecular complexity index is 276. The van der Waals surface area contributed by atoms with E-state index in [1.54, 1.807) is 0 Å². The molecule has 0 spiro atoms. The molecule has 2 rings (SSSR count). The van der Waals surface area contributed by atoms with Gasteiger partial charge in [0.1, 0.15) is 0 Å². The number of fused-ring (bicyclic) bond motifs is 1. The second kappa shape index (κ2) is 3.36. The second-order valence-electron chi connectivity index (χ2n) is 3.98. The monoisotopic (exact) mass is 178 g/mol. The maximum absolute atomic E-state index is 10.5. The molecule has 13 heavy (non-hydrogen) atoms. The molecule has 0 aromatic carbocycles. The Balaban J connectivity index is 1.94. The van der Waals surface area contributed by atoms with Crippen molar-refractivity contribution in [1.82, 2.24) is 0 Å². The van der Waals surface area contributed by atoms with Gasteiger partial charge in [0, 0.05) is 6.42 Å². The molecular formula is C11H14O2. The minimum Gasteiger partial charge on any atom is -0.481 e. The molecule has 0 radical (unpaired) electrons. The summed E-state index contributed by atoms with van der Waals surface area (Å²) in [6, 6.07) is 0. The number of allylic oxidation sites excluding steroid dienone is 4. The molecule has 1 saturated carbocycles. The van der Waals surface area contributed by atoms with Crippen molar-refractivity contribution in [2.45, 2.75) is 25.7 Å². The predicted octanol–water partition coefficient (Wildman–Crippen LogP) is 2.37. The summed E-state index contributed by atoms with van der Waals surface area (Å²) >= 11 is 0. The number of hydrogen-bond donors (Lipinski definition) is 1. The standard InChI is InChI=1S/C11H14O2/c12-11(13)7-8-4-5-9-2-1-3-10(9)6-8/h1-3,8-9H,4-7H2,(H,12,13). The quantitative estimate of drug-likeness (QED) is 0.704. The van der Waals surface area contributed by atoms with Gasteiger partial charge in [-0.15, -0.1) is 0 Å². The largest absolute Gasteiger partial charge is 0.481 e. The van der Waals surface area contributed by atoms with Gasteiger partial charge in [0.15, 0.2) is 0 Å². The maximum Gasteiger partial charge on any atom is 0.303 e. The van der Waals surface area contributed by atoms with Crippen molar-refractivity contribution in [3.8, 4) is 0 Å². The lowest BCUT2D eigenvalue weighted by Crippen LogP contribution is -2.17. The van der Waals surface area contributed by atoms with Gasteiger partial charge in [-0.05, 0) is 31.1 Å². The molecule has 2 nitrogen and oxygen atoms in total. The average molecular weight is 178 g/mol. The molecule has 1 N–H and O–H groups in total. The van der Waals surface area contributed by atoms with Crippen molar-refractivity contribution in [2.24, 2.45) is 11.8 Å². The zero-order valence-corrected chi connectivity index (χ0v) is 7.57.